The van der Waals surface area contributed by atoms with Crippen LogP contribution in [0.2, 0.25) is 0 Å². The van der Waals surface area contributed by atoms with Crippen LogP contribution in [0.4, 0.5) is 0 Å². The summed E-state index contributed by atoms with van der Waals surface area (Å²) in [5, 5.41) is 8.28. The summed E-state index contributed by atoms with van der Waals surface area (Å²) < 4.78 is 8.14. The first-order chi connectivity index (χ1) is 9.83. The molecule has 20 heavy (non-hydrogen) atoms. The predicted octanol–water partition coefficient (Wildman–Crippen LogP) is 2.46. The van der Waals surface area contributed by atoms with Crippen LogP contribution < -0.4 is 10.6 Å². The van der Waals surface area contributed by atoms with Crippen LogP contribution in [0.1, 0.15) is 22.5 Å². The van der Waals surface area contributed by atoms with Gasteiger partial charge in [0.25, 0.3) is 5.91 Å². The smallest absolute Gasteiger partial charge is 0.261 e. The zero-order chi connectivity index (χ0) is 13.8. The van der Waals surface area contributed by atoms with Crippen molar-refractivity contribution in [3.05, 3.63) is 22.4 Å². The Morgan fingerprint density at radius 2 is 2.25 bits per heavy atom. The molecule has 1 saturated heterocycles. The molecule has 0 aliphatic carbocycles. The maximum Gasteiger partial charge on any atom is 0.261 e. The highest BCUT2D eigenvalue weighted by Gasteiger charge is 2.14. The molecule has 2 aromatic heterocycles. The summed E-state index contributed by atoms with van der Waals surface area (Å²) in [4.78, 5) is 12.8. The van der Waals surface area contributed by atoms with Crippen LogP contribution in [0.5, 0.6) is 0 Å². The molecule has 2 N–H and O–H groups in total. The molecule has 1 fully saturated rings. The second kappa shape index (κ2) is 6.67. The summed E-state index contributed by atoms with van der Waals surface area (Å²) in [6.07, 6.45) is 2.48. The van der Waals surface area contributed by atoms with Crippen LogP contribution in [0.25, 0.3) is 9.40 Å². The van der Waals surface area contributed by atoms with Crippen molar-refractivity contribution in [3.8, 4) is 0 Å². The van der Waals surface area contributed by atoms with Gasteiger partial charge in [-0.15, -0.1) is 22.7 Å². The molecule has 0 radical (unpaired) electrons. The number of hydrogen-bond donors (Lipinski definition) is 2. The quantitative estimate of drug-likeness (QED) is 0.834. The molecule has 3 rings (SSSR count). The van der Waals surface area contributed by atoms with Crippen molar-refractivity contribution in [1.29, 1.82) is 0 Å². The lowest BCUT2D eigenvalue weighted by Gasteiger charge is -2.22. The van der Waals surface area contributed by atoms with Gasteiger partial charge in [0.15, 0.2) is 0 Å². The normalized spacial score (nSPS) is 16.6. The summed E-state index contributed by atoms with van der Waals surface area (Å²) in [7, 11) is 0. The Morgan fingerprint density at radius 1 is 1.40 bits per heavy atom. The molecule has 1 aliphatic rings. The third-order valence-corrected chi connectivity index (χ3v) is 5.48. The number of ether oxygens (including phenoxy) is 1. The van der Waals surface area contributed by atoms with E-state index in [1.165, 1.54) is 9.40 Å². The van der Waals surface area contributed by atoms with Crippen LogP contribution in [-0.4, -0.2) is 38.3 Å². The Kier molecular flexibility index (Phi) is 4.67. The van der Waals surface area contributed by atoms with Crippen molar-refractivity contribution in [2.75, 3.05) is 26.2 Å². The number of amides is 1. The molecule has 1 aliphatic heterocycles. The van der Waals surface area contributed by atoms with E-state index in [2.05, 4.69) is 22.1 Å². The van der Waals surface area contributed by atoms with Gasteiger partial charge in [-0.2, -0.15) is 0 Å². The Bertz CT molecular complexity index is 544. The Hall–Kier alpha value is -0.950. The van der Waals surface area contributed by atoms with Crippen molar-refractivity contribution >= 4 is 38.0 Å². The van der Waals surface area contributed by atoms with Crippen molar-refractivity contribution in [2.45, 2.75) is 18.9 Å². The number of rotatable bonds is 5. The minimum Gasteiger partial charge on any atom is -0.376 e. The molecule has 2 aromatic rings. The maximum atomic E-state index is 12.0. The molecular formula is C14H18N2O2S2. The molecule has 0 saturated carbocycles. The van der Waals surface area contributed by atoms with Crippen LogP contribution in [0.15, 0.2) is 17.5 Å². The second-order valence-electron chi connectivity index (χ2n) is 4.84. The molecule has 108 valence electrons. The third kappa shape index (κ3) is 3.38. The van der Waals surface area contributed by atoms with E-state index in [1.807, 2.05) is 6.07 Å². The van der Waals surface area contributed by atoms with Crippen molar-refractivity contribution in [1.82, 2.24) is 10.6 Å². The summed E-state index contributed by atoms with van der Waals surface area (Å²) >= 11 is 3.22. The number of carbonyl (C=O) groups excluding carboxylic acids is 1. The van der Waals surface area contributed by atoms with Gasteiger partial charge in [-0.1, -0.05) is 0 Å². The number of nitrogens with one attached hydrogen (secondary N) is 2. The van der Waals surface area contributed by atoms with Gasteiger partial charge in [-0.05, 0) is 43.4 Å². The molecule has 0 bridgehead atoms. The van der Waals surface area contributed by atoms with Gasteiger partial charge < -0.3 is 15.4 Å². The van der Waals surface area contributed by atoms with E-state index in [1.54, 1.807) is 22.7 Å². The highest BCUT2D eigenvalue weighted by molar-refractivity contribution is 7.27. The number of piperidine rings is 1. The first kappa shape index (κ1) is 14.0. The third-order valence-electron chi connectivity index (χ3n) is 3.39. The van der Waals surface area contributed by atoms with Gasteiger partial charge in [0, 0.05) is 15.9 Å². The van der Waals surface area contributed by atoms with Crippen LogP contribution in [-0.2, 0) is 4.74 Å². The molecule has 6 heteroatoms. The SMILES string of the molecule is O=C(NCCOC1CCNCC1)c1cc2sccc2s1. The molecule has 1 amide bonds. The van der Waals surface area contributed by atoms with E-state index in [-0.39, 0.29) is 5.91 Å². The lowest BCUT2D eigenvalue weighted by molar-refractivity contribution is 0.0343. The van der Waals surface area contributed by atoms with Gasteiger partial charge in [0.1, 0.15) is 0 Å². The topological polar surface area (TPSA) is 50.4 Å². The standard InChI is InChI=1S/C14H18N2O2S2/c17-14(13-9-12-11(20-13)3-8-19-12)16-6-7-18-10-1-4-15-5-2-10/h3,8-10,15H,1-2,4-7H2,(H,16,17). The number of fused-ring (bicyclic) bond motifs is 1. The van der Waals surface area contributed by atoms with Gasteiger partial charge in [0.2, 0.25) is 0 Å². The van der Waals surface area contributed by atoms with Gasteiger partial charge in [-0.25, -0.2) is 0 Å². The maximum absolute atomic E-state index is 12.0. The first-order valence-electron chi connectivity index (χ1n) is 6.90. The van der Waals surface area contributed by atoms with E-state index >= 15 is 0 Å². The minimum atomic E-state index is 0.00677. The van der Waals surface area contributed by atoms with E-state index in [9.17, 15) is 4.79 Å². The van der Waals surface area contributed by atoms with Crippen molar-refractivity contribution in [3.63, 3.8) is 0 Å². The molecule has 3 heterocycles. The lowest BCUT2D eigenvalue weighted by atomic mass is 10.1. The zero-order valence-electron chi connectivity index (χ0n) is 11.2. The number of carbonyl (C=O) groups is 1. The molecular weight excluding hydrogens is 292 g/mol. The molecule has 4 nitrogen and oxygen atoms in total. The molecule has 0 unspecified atom stereocenters. The fourth-order valence-corrected chi connectivity index (χ4v) is 4.34. The molecule has 0 aromatic carbocycles. The highest BCUT2D eigenvalue weighted by atomic mass is 32.1. The fraction of sp³-hybridized carbons (Fsp3) is 0.500. The summed E-state index contributed by atoms with van der Waals surface area (Å²) in [6, 6.07) is 4.02. The highest BCUT2D eigenvalue weighted by Crippen LogP contribution is 2.29. The van der Waals surface area contributed by atoms with Gasteiger partial charge >= 0.3 is 0 Å². The average Bonchev–Trinajstić information content (AvgIpc) is 3.05. The molecule has 0 spiro atoms. The Morgan fingerprint density at radius 3 is 3.05 bits per heavy atom. The summed E-state index contributed by atoms with van der Waals surface area (Å²) in [6.45, 7) is 3.23. The largest absolute Gasteiger partial charge is 0.376 e. The number of hydrogen-bond acceptors (Lipinski definition) is 5. The molecule has 0 atom stereocenters. The monoisotopic (exact) mass is 310 g/mol. The summed E-state index contributed by atoms with van der Waals surface area (Å²) in [5.41, 5.74) is 0. The first-order valence-corrected chi connectivity index (χ1v) is 8.60. The average molecular weight is 310 g/mol. The van der Waals surface area contributed by atoms with Crippen LogP contribution in [0.3, 0.4) is 0 Å². The van der Waals surface area contributed by atoms with Crippen LogP contribution in [0, 0.1) is 0 Å². The Balaban J connectivity index is 1.41. The van der Waals surface area contributed by atoms with E-state index < -0.39 is 0 Å². The zero-order valence-corrected chi connectivity index (χ0v) is 12.8. The fourth-order valence-electron chi connectivity index (χ4n) is 2.32. The van der Waals surface area contributed by atoms with Gasteiger partial charge in [-0.3, -0.25) is 4.79 Å². The number of thiophene rings is 2. The van der Waals surface area contributed by atoms with Crippen molar-refractivity contribution < 1.29 is 9.53 Å². The minimum absolute atomic E-state index is 0.00677. The van der Waals surface area contributed by atoms with E-state index in [0.29, 0.717) is 19.3 Å². The van der Waals surface area contributed by atoms with Crippen molar-refractivity contribution in [2.24, 2.45) is 0 Å². The second-order valence-corrected chi connectivity index (χ2v) is 6.87. The van der Waals surface area contributed by atoms with Gasteiger partial charge in [0.05, 0.1) is 17.6 Å². The summed E-state index contributed by atoms with van der Waals surface area (Å²) in [5.74, 6) is 0.00677. The van der Waals surface area contributed by atoms with E-state index in [0.717, 1.165) is 30.8 Å². The lowest BCUT2D eigenvalue weighted by Crippen LogP contribution is -2.34. The van der Waals surface area contributed by atoms with Crippen LogP contribution >= 0.6 is 22.7 Å². The Labute approximate surface area is 126 Å². The predicted molar refractivity (Wildman–Crippen MR) is 83.9 cm³/mol. The van der Waals surface area contributed by atoms with E-state index in [4.69, 9.17) is 4.74 Å².